The highest BCUT2D eigenvalue weighted by Gasteiger charge is 2.33. The van der Waals surface area contributed by atoms with Crippen LogP contribution in [0, 0.1) is 0 Å². The quantitative estimate of drug-likeness (QED) is 0.881. The second-order valence-corrected chi connectivity index (χ2v) is 8.05. The summed E-state index contributed by atoms with van der Waals surface area (Å²) < 4.78 is 23.2. The molecule has 24 heavy (non-hydrogen) atoms. The summed E-state index contributed by atoms with van der Waals surface area (Å²) in [6.07, 6.45) is 0.408. The highest BCUT2D eigenvalue weighted by Crippen LogP contribution is 2.19. The van der Waals surface area contributed by atoms with Gasteiger partial charge in [0.15, 0.2) is 9.84 Å². The minimum atomic E-state index is -3.09. The third kappa shape index (κ3) is 3.38. The van der Waals surface area contributed by atoms with E-state index in [4.69, 9.17) is 0 Å². The van der Waals surface area contributed by atoms with Gasteiger partial charge in [-0.1, -0.05) is 30.3 Å². The monoisotopic (exact) mass is 347 g/mol. The summed E-state index contributed by atoms with van der Waals surface area (Å²) in [4.78, 5) is 32.1. The Balaban J connectivity index is 1.90. The van der Waals surface area contributed by atoms with E-state index < -0.39 is 21.4 Å². The molecule has 1 saturated heterocycles. The van der Waals surface area contributed by atoms with Crippen molar-refractivity contribution < 1.29 is 13.2 Å². The van der Waals surface area contributed by atoms with E-state index in [0.717, 1.165) is 5.56 Å². The number of nitrogens with one attached hydrogen (secondary N) is 1. The molecule has 0 spiro atoms. The number of aromatic nitrogens is 2. The molecular formula is C16H17N3O4S. The molecule has 3 rings (SSSR count). The van der Waals surface area contributed by atoms with E-state index in [9.17, 15) is 18.0 Å². The standard InChI is InChI=1S/C16H17N3O4S/c1-19(12-7-8-24(22,23)10-12)15(20)14-9-13(17-16(21)18-14)11-5-3-2-4-6-11/h2-6,9,12H,7-8,10H2,1H3,(H,17,18,21). The molecule has 8 heteroatoms. The van der Waals surface area contributed by atoms with Crippen molar-refractivity contribution in [2.45, 2.75) is 12.5 Å². The number of hydrogen-bond donors (Lipinski definition) is 1. The third-order valence-electron chi connectivity index (χ3n) is 4.12. The number of rotatable bonds is 3. The largest absolute Gasteiger partial charge is 0.346 e. The Hall–Kier alpha value is -2.48. The van der Waals surface area contributed by atoms with Crippen LogP contribution in [0.5, 0.6) is 0 Å². The van der Waals surface area contributed by atoms with Gasteiger partial charge in [-0.05, 0) is 12.5 Å². The van der Waals surface area contributed by atoms with Crippen LogP contribution in [-0.2, 0) is 9.84 Å². The van der Waals surface area contributed by atoms with E-state index in [0.29, 0.717) is 12.1 Å². The molecule has 2 heterocycles. The van der Waals surface area contributed by atoms with E-state index in [1.54, 1.807) is 19.2 Å². The average molecular weight is 347 g/mol. The molecule has 7 nitrogen and oxygen atoms in total. The van der Waals surface area contributed by atoms with Gasteiger partial charge in [-0.3, -0.25) is 4.79 Å². The van der Waals surface area contributed by atoms with Gasteiger partial charge < -0.3 is 9.88 Å². The first kappa shape index (κ1) is 16.4. The van der Waals surface area contributed by atoms with Crippen LogP contribution in [-0.4, -0.2) is 53.8 Å². The number of H-pyrrole nitrogens is 1. The maximum atomic E-state index is 12.6. The first-order valence-electron chi connectivity index (χ1n) is 7.50. The summed E-state index contributed by atoms with van der Waals surface area (Å²) in [6, 6.07) is 10.2. The smallest absolute Gasteiger partial charge is 0.336 e. The van der Waals surface area contributed by atoms with Crippen molar-refractivity contribution >= 4 is 15.7 Å². The molecule has 1 aliphatic heterocycles. The summed E-state index contributed by atoms with van der Waals surface area (Å²) in [5, 5.41) is 0. The van der Waals surface area contributed by atoms with Crippen molar-refractivity contribution in [3.05, 3.63) is 52.6 Å². The molecular weight excluding hydrogens is 330 g/mol. The lowest BCUT2D eigenvalue weighted by Gasteiger charge is -2.23. The summed E-state index contributed by atoms with van der Waals surface area (Å²) in [7, 11) is -1.54. The van der Waals surface area contributed by atoms with Crippen molar-refractivity contribution in [3.8, 4) is 11.3 Å². The summed E-state index contributed by atoms with van der Waals surface area (Å²) in [5.74, 6) is -0.387. The maximum Gasteiger partial charge on any atom is 0.346 e. The number of carbonyl (C=O) groups excluding carboxylic acids is 1. The van der Waals surface area contributed by atoms with E-state index in [1.165, 1.54) is 11.0 Å². The minimum Gasteiger partial charge on any atom is -0.336 e. The van der Waals surface area contributed by atoms with E-state index in [-0.39, 0.29) is 23.2 Å². The van der Waals surface area contributed by atoms with Crippen molar-refractivity contribution in [2.75, 3.05) is 18.6 Å². The van der Waals surface area contributed by atoms with Gasteiger partial charge >= 0.3 is 5.69 Å². The summed E-state index contributed by atoms with van der Waals surface area (Å²) in [5.41, 5.74) is 0.603. The molecule has 0 bridgehead atoms. The van der Waals surface area contributed by atoms with Gasteiger partial charge in [0.25, 0.3) is 5.91 Å². The Morgan fingerprint density at radius 3 is 2.62 bits per heavy atom. The number of nitrogens with zero attached hydrogens (tertiary/aromatic N) is 2. The molecule has 1 unspecified atom stereocenters. The fourth-order valence-electron chi connectivity index (χ4n) is 2.77. The predicted molar refractivity (Wildman–Crippen MR) is 89.4 cm³/mol. The molecule has 0 aliphatic carbocycles. The van der Waals surface area contributed by atoms with E-state index in [2.05, 4.69) is 9.97 Å². The fraction of sp³-hybridized carbons (Fsp3) is 0.312. The van der Waals surface area contributed by atoms with Crippen LogP contribution in [0.2, 0.25) is 0 Å². The molecule has 1 atom stereocenters. The highest BCUT2D eigenvalue weighted by atomic mass is 32.2. The Labute approximate surface area is 139 Å². The van der Waals surface area contributed by atoms with Crippen molar-refractivity contribution in [1.82, 2.24) is 14.9 Å². The van der Waals surface area contributed by atoms with Gasteiger partial charge in [-0.15, -0.1) is 0 Å². The Morgan fingerprint density at radius 1 is 1.29 bits per heavy atom. The fourth-order valence-corrected chi connectivity index (χ4v) is 4.54. The molecule has 0 saturated carbocycles. The second kappa shape index (κ2) is 6.20. The first-order chi connectivity index (χ1) is 11.4. The zero-order valence-corrected chi connectivity index (χ0v) is 13.9. The molecule has 1 aliphatic rings. The van der Waals surface area contributed by atoms with Crippen LogP contribution in [0.15, 0.2) is 41.2 Å². The van der Waals surface area contributed by atoms with Gasteiger partial charge in [0.2, 0.25) is 0 Å². The van der Waals surface area contributed by atoms with E-state index in [1.807, 2.05) is 18.2 Å². The molecule has 1 amide bonds. The summed E-state index contributed by atoms with van der Waals surface area (Å²) >= 11 is 0. The molecule has 1 fully saturated rings. The van der Waals surface area contributed by atoms with Gasteiger partial charge in [-0.25, -0.2) is 13.2 Å². The second-order valence-electron chi connectivity index (χ2n) is 5.82. The van der Waals surface area contributed by atoms with Crippen molar-refractivity contribution in [2.24, 2.45) is 0 Å². The molecule has 1 aromatic heterocycles. The third-order valence-corrected chi connectivity index (χ3v) is 5.87. The zero-order valence-electron chi connectivity index (χ0n) is 13.1. The number of carbonyl (C=O) groups is 1. The average Bonchev–Trinajstić information content (AvgIpc) is 2.93. The molecule has 1 aromatic carbocycles. The Kier molecular flexibility index (Phi) is 4.23. The minimum absolute atomic E-state index is 0.0455. The molecule has 0 radical (unpaired) electrons. The van der Waals surface area contributed by atoms with E-state index >= 15 is 0 Å². The number of aromatic amines is 1. The van der Waals surface area contributed by atoms with Crippen LogP contribution in [0.3, 0.4) is 0 Å². The highest BCUT2D eigenvalue weighted by molar-refractivity contribution is 7.91. The van der Waals surface area contributed by atoms with Crippen LogP contribution < -0.4 is 5.69 Å². The number of sulfone groups is 1. The van der Waals surface area contributed by atoms with Crippen LogP contribution >= 0.6 is 0 Å². The van der Waals surface area contributed by atoms with Crippen LogP contribution in [0.4, 0.5) is 0 Å². The Morgan fingerprint density at radius 2 is 2.00 bits per heavy atom. The van der Waals surface area contributed by atoms with Gasteiger partial charge in [0.05, 0.1) is 17.2 Å². The zero-order chi connectivity index (χ0) is 17.3. The van der Waals surface area contributed by atoms with Gasteiger partial charge in [0.1, 0.15) is 5.69 Å². The maximum absolute atomic E-state index is 12.6. The molecule has 1 N–H and O–H groups in total. The molecule has 2 aromatic rings. The lowest BCUT2D eigenvalue weighted by Crippen LogP contribution is -2.39. The van der Waals surface area contributed by atoms with Gasteiger partial charge in [-0.2, -0.15) is 4.98 Å². The Bertz CT molecular complexity index is 922. The van der Waals surface area contributed by atoms with Crippen LogP contribution in [0.1, 0.15) is 16.9 Å². The van der Waals surface area contributed by atoms with Crippen LogP contribution in [0.25, 0.3) is 11.3 Å². The van der Waals surface area contributed by atoms with Crippen molar-refractivity contribution in [1.29, 1.82) is 0 Å². The molecule has 126 valence electrons. The lowest BCUT2D eigenvalue weighted by atomic mass is 10.1. The predicted octanol–water partition coefficient (Wildman–Crippen LogP) is 0.696. The number of hydrogen-bond acceptors (Lipinski definition) is 5. The lowest BCUT2D eigenvalue weighted by molar-refractivity contribution is 0.0741. The normalized spacial score (nSPS) is 19.1. The number of amides is 1. The van der Waals surface area contributed by atoms with Crippen molar-refractivity contribution in [3.63, 3.8) is 0 Å². The first-order valence-corrected chi connectivity index (χ1v) is 9.32. The topological polar surface area (TPSA) is 100 Å². The SMILES string of the molecule is CN(C(=O)c1cc(-c2ccccc2)nc(=O)[nH]1)C1CCS(=O)(=O)C1. The van der Waals surface area contributed by atoms with Gasteiger partial charge in [0, 0.05) is 18.7 Å². The summed E-state index contributed by atoms with van der Waals surface area (Å²) in [6.45, 7) is 0. The number of benzene rings is 1.